The van der Waals surface area contributed by atoms with E-state index in [4.69, 9.17) is 9.26 Å². The largest absolute Gasteiger partial charge is 0.396 e. The van der Waals surface area contributed by atoms with Gasteiger partial charge >= 0.3 is 0 Å². The Kier molecular flexibility index (Phi) is 4.74. The molecule has 10 heteroatoms. The smallest absolute Gasteiger partial charge is 0.256 e. The molecule has 2 aliphatic rings. The molecule has 2 saturated heterocycles. The maximum atomic E-state index is 12.6. The van der Waals surface area contributed by atoms with Crippen molar-refractivity contribution in [2.24, 2.45) is 11.3 Å². The first-order valence-corrected chi connectivity index (χ1v) is 9.29. The summed E-state index contributed by atoms with van der Waals surface area (Å²) in [4.78, 5) is 20.9. The number of aliphatic hydroxyl groups excluding tert-OH is 1. The van der Waals surface area contributed by atoms with Crippen LogP contribution in [-0.4, -0.2) is 75.2 Å². The predicted octanol–water partition coefficient (Wildman–Crippen LogP) is 0.239. The molecule has 2 aromatic heterocycles. The number of fused-ring (bicyclic) bond motifs is 1. The van der Waals surface area contributed by atoms with E-state index < -0.39 is 0 Å². The van der Waals surface area contributed by atoms with Crippen molar-refractivity contribution < 1.29 is 19.2 Å². The van der Waals surface area contributed by atoms with Gasteiger partial charge in [-0.15, -0.1) is 0 Å². The van der Waals surface area contributed by atoms with Gasteiger partial charge in [0.05, 0.1) is 24.9 Å². The fourth-order valence-corrected chi connectivity index (χ4v) is 4.53. The van der Waals surface area contributed by atoms with Crippen LogP contribution in [0.25, 0.3) is 0 Å². The third kappa shape index (κ3) is 3.13. The van der Waals surface area contributed by atoms with Crippen molar-refractivity contribution in [2.45, 2.75) is 13.2 Å². The van der Waals surface area contributed by atoms with Crippen molar-refractivity contribution in [3.05, 3.63) is 28.9 Å². The van der Waals surface area contributed by atoms with Crippen molar-refractivity contribution in [2.75, 3.05) is 39.9 Å². The molecule has 140 valence electrons. The van der Waals surface area contributed by atoms with Gasteiger partial charge in [0.15, 0.2) is 5.82 Å². The van der Waals surface area contributed by atoms with Crippen molar-refractivity contribution in [1.82, 2.24) is 24.3 Å². The Bertz CT molecular complexity index is 767. The Labute approximate surface area is 154 Å². The molecule has 0 saturated carbocycles. The molecule has 0 radical (unpaired) electrons. The Hall–Kier alpha value is -1.88. The van der Waals surface area contributed by atoms with Crippen LogP contribution >= 0.6 is 11.5 Å². The van der Waals surface area contributed by atoms with E-state index in [2.05, 4.69) is 19.4 Å². The highest BCUT2D eigenvalue weighted by molar-refractivity contribution is 7.03. The summed E-state index contributed by atoms with van der Waals surface area (Å²) in [6.45, 7) is 3.59. The lowest BCUT2D eigenvalue weighted by molar-refractivity contribution is 0.0715. The molecular formula is C16H21N5O4S. The second-order valence-corrected chi connectivity index (χ2v) is 7.68. The molecule has 0 aromatic carbocycles. The maximum absolute atomic E-state index is 12.6. The number of rotatable bonds is 6. The lowest BCUT2D eigenvalue weighted by Crippen LogP contribution is -2.38. The summed E-state index contributed by atoms with van der Waals surface area (Å²) in [7, 11) is 1.59. The molecule has 1 N–H and O–H groups in total. The summed E-state index contributed by atoms with van der Waals surface area (Å²) < 4.78 is 14.3. The van der Waals surface area contributed by atoms with Gasteiger partial charge in [-0.2, -0.15) is 4.98 Å². The summed E-state index contributed by atoms with van der Waals surface area (Å²) in [5.74, 6) is 1.29. The van der Waals surface area contributed by atoms with Gasteiger partial charge in [-0.25, -0.2) is 4.37 Å². The molecule has 1 amide bonds. The highest BCUT2D eigenvalue weighted by Crippen LogP contribution is 2.43. The third-order valence-electron chi connectivity index (χ3n) is 5.25. The maximum Gasteiger partial charge on any atom is 0.256 e. The average molecular weight is 379 g/mol. The Morgan fingerprint density at radius 1 is 1.50 bits per heavy atom. The van der Waals surface area contributed by atoms with Gasteiger partial charge in [-0.3, -0.25) is 9.69 Å². The first-order chi connectivity index (χ1) is 12.6. The van der Waals surface area contributed by atoms with E-state index in [1.807, 2.05) is 4.90 Å². The van der Waals surface area contributed by atoms with E-state index in [1.54, 1.807) is 18.7 Å². The van der Waals surface area contributed by atoms with Gasteiger partial charge < -0.3 is 19.3 Å². The minimum absolute atomic E-state index is 0.00589. The standard InChI is InChI=1S/C16H21N5O4S/c1-24-6-13-18-14(25-19-13)5-20-3-12-4-21(9-16(12,8-20)10-22)15(23)11-2-17-26-7-11/h2,7,12,22H,3-6,8-10H2,1H3. The number of amides is 1. The highest BCUT2D eigenvalue weighted by atomic mass is 32.1. The number of nitrogens with zero attached hydrogens (tertiary/aromatic N) is 5. The molecule has 0 aliphatic carbocycles. The Balaban J connectivity index is 1.41. The van der Waals surface area contributed by atoms with Crippen LogP contribution in [0, 0.1) is 11.3 Å². The highest BCUT2D eigenvalue weighted by Gasteiger charge is 2.53. The van der Waals surface area contributed by atoms with Crippen LogP contribution in [0.5, 0.6) is 0 Å². The molecule has 2 atom stereocenters. The topological polar surface area (TPSA) is 105 Å². The lowest BCUT2D eigenvalue weighted by Gasteiger charge is -2.26. The van der Waals surface area contributed by atoms with Crippen LogP contribution < -0.4 is 0 Å². The van der Waals surface area contributed by atoms with E-state index in [0.29, 0.717) is 50.1 Å². The van der Waals surface area contributed by atoms with Gasteiger partial charge in [-0.05, 0) is 17.5 Å². The van der Waals surface area contributed by atoms with E-state index in [0.717, 1.165) is 6.54 Å². The number of aliphatic hydroxyl groups is 1. The van der Waals surface area contributed by atoms with Crippen LogP contribution in [0.3, 0.4) is 0 Å². The summed E-state index contributed by atoms with van der Waals surface area (Å²) >= 11 is 1.27. The Morgan fingerprint density at radius 2 is 2.38 bits per heavy atom. The fourth-order valence-electron chi connectivity index (χ4n) is 4.02. The average Bonchev–Trinajstić information content (AvgIpc) is 3.38. The zero-order valence-corrected chi connectivity index (χ0v) is 15.3. The summed E-state index contributed by atoms with van der Waals surface area (Å²) in [5, 5.41) is 15.7. The zero-order valence-electron chi connectivity index (χ0n) is 14.5. The van der Waals surface area contributed by atoms with Crippen molar-refractivity contribution in [3.63, 3.8) is 0 Å². The Morgan fingerprint density at radius 3 is 3.08 bits per heavy atom. The summed E-state index contributed by atoms with van der Waals surface area (Å²) in [6.07, 6.45) is 1.60. The van der Waals surface area contributed by atoms with Crippen LogP contribution in [0.4, 0.5) is 0 Å². The van der Waals surface area contributed by atoms with Crippen molar-refractivity contribution >= 4 is 17.4 Å². The van der Waals surface area contributed by atoms with Crippen LogP contribution in [0.15, 0.2) is 16.1 Å². The molecule has 2 aromatic rings. The minimum atomic E-state index is -0.297. The monoisotopic (exact) mass is 379 g/mol. The number of hydrogen-bond donors (Lipinski definition) is 1. The first kappa shape index (κ1) is 17.5. The molecular weight excluding hydrogens is 358 g/mol. The van der Waals surface area contributed by atoms with Gasteiger partial charge in [0.25, 0.3) is 5.91 Å². The second kappa shape index (κ2) is 7.03. The quantitative estimate of drug-likeness (QED) is 0.761. The molecule has 2 fully saturated rings. The number of carbonyl (C=O) groups excluding carboxylic acids is 1. The van der Waals surface area contributed by atoms with Crippen molar-refractivity contribution in [3.8, 4) is 0 Å². The van der Waals surface area contributed by atoms with Crippen LogP contribution in [0.1, 0.15) is 22.1 Å². The van der Waals surface area contributed by atoms with E-state index in [-0.39, 0.29) is 23.8 Å². The van der Waals surface area contributed by atoms with E-state index in [9.17, 15) is 9.90 Å². The number of ether oxygens (including phenoxy) is 1. The fraction of sp³-hybridized carbons (Fsp3) is 0.625. The van der Waals surface area contributed by atoms with Gasteiger partial charge in [0.2, 0.25) is 5.89 Å². The third-order valence-corrected chi connectivity index (χ3v) is 5.84. The van der Waals surface area contributed by atoms with Crippen LogP contribution in [0.2, 0.25) is 0 Å². The van der Waals surface area contributed by atoms with Gasteiger partial charge in [0.1, 0.15) is 6.61 Å². The normalized spacial score (nSPS) is 25.8. The SMILES string of the molecule is COCc1noc(CN2CC3CN(C(=O)c4cnsc4)CC3(CO)C2)n1. The number of methoxy groups -OCH3 is 1. The number of aromatic nitrogens is 3. The lowest BCUT2D eigenvalue weighted by atomic mass is 9.82. The number of carbonyl (C=O) groups is 1. The molecule has 4 heterocycles. The molecule has 26 heavy (non-hydrogen) atoms. The molecule has 4 rings (SSSR count). The number of hydrogen-bond acceptors (Lipinski definition) is 9. The summed E-state index contributed by atoms with van der Waals surface area (Å²) in [6, 6.07) is 0. The van der Waals surface area contributed by atoms with Gasteiger partial charge in [0, 0.05) is 44.1 Å². The van der Waals surface area contributed by atoms with Crippen molar-refractivity contribution in [1.29, 1.82) is 0 Å². The molecule has 0 bridgehead atoms. The summed E-state index contributed by atoms with van der Waals surface area (Å²) in [5.41, 5.74) is 0.325. The molecule has 2 unspecified atom stereocenters. The van der Waals surface area contributed by atoms with E-state index >= 15 is 0 Å². The number of likely N-dealkylation sites (tertiary alicyclic amines) is 2. The minimum Gasteiger partial charge on any atom is -0.396 e. The predicted molar refractivity (Wildman–Crippen MR) is 91.3 cm³/mol. The molecule has 2 aliphatic heterocycles. The van der Waals surface area contributed by atoms with E-state index in [1.165, 1.54) is 11.5 Å². The van der Waals surface area contributed by atoms with Crippen LogP contribution in [-0.2, 0) is 17.9 Å². The first-order valence-electron chi connectivity index (χ1n) is 8.46. The zero-order chi connectivity index (χ0) is 18.1. The second-order valence-electron chi connectivity index (χ2n) is 7.02. The van der Waals surface area contributed by atoms with Gasteiger partial charge in [-0.1, -0.05) is 5.16 Å². The molecule has 9 nitrogen and oxygen atoms in total. The molecule has 0 spiro atoms.